The number of nitrogens with zero attached hydrogens (tertiary/aromatic N) is 1. The van der Waals surface area contributed by atoms with Crippen molar-refractivity contribution in [2.75, 3.05) is 23.4 Å². The number of hydrogen-bond acceptors (Lipinski definition) is 4. The van der Waals surface area contributed by atoms with Crippen LogP contribution in [0.25, 0.3) is 0 Å². The predicted octanol–water partition coefficient (Wildman–Crippen LogP) is 5.06. The molecule has 0 aromatic heterocycles. The van der Waals surface area contributed by atoms with Crippen molar-refractivity contribution in [3.63, 3.8) is 0 Å². The van der Waals surface area contributed by atoms with Gasteiger partial charge in [0.2, 0.25) is 0 Å². The summed E-state index contributed by atoms with van der Waals surface area (Å²) in [6.07, 6.45) is 0.919. The van der Waals surface area contributed by atoms with E-state index in [-0.39, 0.29) is 24.5 Å². The topological polar surface area (TPSA) is 70.7 Å². The van der Waals surface area contributed by atoms with E-state index in [4.69, 9.17) is 16.3 Å². The van der Waals surface area contributed by atoms with Gasteiger partial charge in [0.15, 0.2) is 6.61 Å². The normalized spacial score (nSPS) is 12.8. The molecule has 176 valence electrons. The molecule has 0 unspecified atom stereocenters. The van der Waals surface area contributed by atoms with Gasteiger partial charge in [-0.1, -0.05) is 35.9 Å². The maximum Gasteiger partial charge on any atom is 0.262 e. The van der Waals surface area contributed by atoms with Gasteiger partial charge in [-0.05, 0) is 73.9 Å². The van der Waals surface area contributed by atoms with Gasteiger partial charge in [-0.15, -0.1) is 0 Å². The molecule has 0 saturated heterocycles. The van der Waals surface area contributed by atoms with Crippen LogP contribution in [0.5, 0.6) is 5.75 Å². The number of nitrogens with one attached hydrogen (secondary N) is 2. The average Bonchev–Trinajstić information content (AvgIpc) is 2.83. The number of amides is 2. The minimum absolute atomic E-state index is 0.00606. The Morgan fingerprint density at radius 2 is 1.76 bits per heavy atom. The lowest BCUT2D eigenvalue weighted by Gasteiger charge is -2.32. The smallest absolute Gasteiger partial charge is 0.262 e. The predicted molar refractivity (Wildman–Crippen MR) is 136 cm³/mol. The van der Waals surface area contributed by atoms with E-state index in [1.54, 1.807) is 30.3 Å². The zero-order chi connectivity index (χ0) is 24.1. The number of carbonyl (C=O) groups excluding carboxylic acids is 2. The van der Waals surface area contributed by atoms with Crippen molar-refractivity contribution in [3.05, 3.63) is 88.4 Å². The van der Waals surface area contributed by atoms with Crippen molar-refractivity contribution in [1.82, 2.24) is 5.32 Å². The highest BCUT2D eigenvalue weighted by atomic mass is 35.5. The molecule has 0 bridgehead atoms. The van der Waals surface area contributed by atoms with Crippen LogP contribution in [0.15, 0.2) is 66.7 Å². The first-order valence-electron chi connectivity index (χ1n) is 11.3. The molecule has 0 aliphatic carbocycles. The monoisotopic (exact) mass is 477 g/mol. The van der Waals surface area contributed by atoms with E-state index in [0.29, 0.717) is 22.0 Å². The van der Waals surface area contributed by atoms with Gasteiger partial charge in [-0.25, -0.2) is 0 Å². The molecule has 0 fully saturated rings. The van der Waals surface area contributed by atoms with E-state index in [0.717, 1.165) is 25.2 Å². The first kappa shape index (κ1) is 23.6. The van der Waals surface area contributed by atoms with Crippen LogP contribution >= 0.6 is 11.6 Å². The van der Waals surface area contributed by atoms with Gasteiger partial charge < -0.3 is 20.3 Å². The number of benzene rings is 3. The maximum atomic E-state index is 13.1. The van der Waals surface area contributed by atoms with E-state index < -0.39 is 0 Å². The molecule has 34 heavy (non-hydrogen) atoms. The maximum absolute atomic E-state index is 13.1. The van der Waals surface area contributed by atoms with Gasteiger partial charge >= 0.3 is 0 Å². The molecular weight excluding hydrogens is 450 g/mol. The Labute approximate surface area is 204 Å². The summed E-state index contributed by atoms with van der Waals surface area (Å²) in [5.41, 5.74) is 4.53. The molecule has 0 spiro atoms. The van der Waals surface area contributed by atoms with Crippen LogP contribution < -0.4 is 20.3 Å². The van der Waals surface area contributed by atoms with Crippen molar-refractivity contribution in [1.29, 1.82) is 0 Å². The molecule has 1 aliphatic heterocycles. The molecule has 1 heterocycles. The quantitative estimate of drug-likeness (QED) is 0.499. The summed E-state index contributed by atoms with van der Waals surface area (Å²) in [5, 5.41) is 6.40. The third-order valence-electron chi connectivity index (χ3n) is 5.60. The summed E-state index contributed by atoms with van der Waals surface area (Å²) >= 11 is 5.88. The zero-order valence-corrected chi connectivity index (χ0v) is 20.1. The fourth-order valence-corrected chi connectivity index (χ4v) is 4.12. The SMILES string of the molecule is CC(C)NC(=O)c1cc(NC(=O)COc2ccc(Cl)cc2)ccc1N1CCc2ccccc2C1. The highest BCUT2D eigenvalue weighted by Gasteiger charge is 2.22. The van der Waals surface area contributed by atoms with Crippen molar-refractivity contribution in [2.45, 2.75) is 32.9 Å². The summed E-state index contributed by atoms with van der Waals surface area (Å²) in [6, 6.07) is 20.6. The second-order valence-corrected chi connectivity index (χ2v) is 9.03. The molecule has 4 rings (SSSR count). The van der Waals surface area contributed by atoms with Gasteiger partial charge in [-0.2, -0.15) is 0 Å². The van der Waals surface area contributed by atoms with Gasteiger partial charge in [0.05, 0.1) is 5.56 Å². The largest absolute Gasteiger partial charge is 0.484 e. The Morgan fingerprint density at radius 1 is 1.03 bits per heavy atom. The standard InChI is InChI=1S/C27H28ClN3O3/c1-18(2)29-27(33)24-15-22(30-26(32)17-34-23-10-7-21(28)8-11-23)9-12-25(24)31-14-13-19-5-3-4-6-20(19)16-31/h3-12,15,18H,13-14,16-17H2,1-2H3,(H,29,33)(H,30,32). The van der Waals surface area contributed by atoms with Gasteiger partial charge in [0.25, 0.3) is 11.8 Å². The molecule has 2 N–H and O–H groups in total. The van der Waals surface area contributed by atoms with Crippen LogP contribution in [0, 0.1) is 0 Å². The summed E-state index contributed by atoms with van der Waals surface area (Å²) in [7, 11) is 0. The van der Waals surface area contributed by atoms with Crippen LogP contribution in [-0.2, 0) is 17.8 Å². The zero-order valence-electron chi connectivity index (χ0n) is 19.3. The van der Waals surface area contributed by atoms with Gasteiger partial charge in [0.1, 0.15) is 5.75 Å². The van der Waals surface area contributed by atoms with Gasteiger partial charge in [0, 0.05) is 35.5 Å². The van der Waals surface area contributed by atoms with Crippen LogP contribution in [0.2, 0.25) is 5.02 Å². The third-order valence-corrected chi connectivity index (χ3v) is 5.85. The summed E-state index contributed by atoms with van der Waals surface area (Å²) < 4.78 is 5.52. The second kappa shape index (κ2) is 10.6. The fourth-order valence-electron chi connectivity index (χ4n) is 3.99. The van der Waals surface area contributed by atoms with Crippen molar-refractivity contribution in [2.24, 2.45) is 0 Å². The van der Waals surface area contributed by atoms with Crippen LogP contribution in [0.1, 0.15) is 35.3 Å². The summed E-state index contributed by atoms with van der Waals surface area (Å²) in [6.45, 7) is 5.25. The van der Waals surface area contributed by atoms with E-state index in [9.17, 15) is 9.59 Å². The highest BCUT2D eigenvalue weighted by molar-refractivity contribution is 6.30. The van der Waals surface area contributed by atoms with Gasteiger partial charge in [-0.3, -0.25) is 9.59 Å². The highest BCUT2D eigenvalue weighted by Crippen LogP contribution is 2.29. The number of halogens is 1. The van der Waals surface area contributed by atoms with Crippen molar-refractivity contribution < 1.29 is 14.3 Å². The van der Waals surface area contributed by atoms with Crippen molar-refractivity contribution in [3.8, 4) is 5.75 Å². The molecule has 0 atom stereocenters. The Bertz CT molecular complexity index is 1180. The Balaban J connectivity index is 1.51. The molecule has 3 aromatic carbocycles. The Hall–Kier alpha value is -3.51. The number of hydrogen-bond donors (Lipinski definition) is 2. The number of anilines is 2. The van der Waals surface area contributed by atoms with Crippen LogP contribution in [-0.4, -0.2) is 31.0 Å². The average molecular weight is 478 g/mol. The first-order chi connectivity index (χ1) is 16.4. The lowest BCUT2D eigenvalue weighted by molar-refractivity contribution is -0.118. The fraction of sp³-hybridized carbons (Fsp3) is 0.259. The lowest BCUT2D eigenvalue weighted by Crippen LogP contribution is -2.35. The number of rotatable bonds is 7. The molecule has 7 heteroatoms. The second-order valence-electron chi connectivity index (χ2n) is 8.59. The molecule has 6 nitrogen and oxygen atoms in total. The van der Waals surface area contributed by atoms with E-state index >= 15 is 0 Å². The molecule has 3 aromatic rings. The molecule has 0 radical (unpaired) electrons. The number of fused-ring (bicyclic) bond motifs is 1. The molecule has 2 amide bonds. The minimum atomic E-state index is -0.315. The van der Waals surface area contributed by atoms with E-state index in [2.05, 4.69) is 33.7 Å². The summed E-state index contributed by atoms with van der Waals surface area (Å²) in [4.78, 5) is 27.7. The lowest BCUT2D eigenvalue weighted by atomic mass is 9.98. The van der Waals surface area contributed by atoms with Crippen LogP contribution in [0.3, 0.4) is 0 Å². The summed E-state index contributed by atoms with van der Waals surface area (Å²) in [5.74, 6) is 0.0690. The van der Waals surface area contributed by atoms with E-state index in [1.165, 1.54) is 11.1 Å². The number of carbonyl (C=O) groups is 2. The third kappa shape index (κ3) is 5.88. The van der Waals surface area contributed by atoms with Crippen LogP contribution in [0.4, 0.5) is 11.4 Å². The Kier molecular flexibility index (Phi) is 7.38. The molecular formula is C27H28ClN3O3. The van der Waals surface area contributed by atoms with E-state index in [1.807, 2.05) is 32.0 Å². The number of ether oxygens (including phenoxy) is 1. The Morgan fingerprint density at radius 3 is 2.50 bits per heavy atom. The first-order valence-corrected chi connectivity index (χ1v) is 11.7. The molecule has 0 saturated carbocycles. The minimum Gasteiger partial charge on any atom is -0.484 e. The van der Waals surface area contributed by atoms with Crippen molar-refractivity contribution >= 4 is 34.8 Å². The molecule has 1 aliphatic rings.